The quantitative estimate of drug-likeness (QED) is 0.506. The lowest BCUT2D eigenvalue weighted by molar-refractivity contribution is -0.113. The topological polar surface area (TPSA) is 81.9 Å². The Kier molecular flexibility index (Phi) is 7.00. The Labute approximate surface area is 173 Å². The highest BCUT2D eigenvalue weighted by atomic mass is 79.9. The van der Waals surface area contributed by atoms with Crippen molar-refractivity contribution in [3.8, 4) is 11.3 Å². The fourth-order valence-corrected chi connectivity index (χ4v) is 4.03. The number of rotatable bonds is 8. The van der Waals surface area contributed by atoms with Crippen LogP contribution in [0.4, 0.5) is 5.13 Å². The fourth-order valence-electron chi connectivity index (χ4n) is 2.36. The molecule has 0 spiro atoms. The summed E-state index contributed by atoms with van der Waals surface area (Å²) in [6.07, 6.45) is 1.83. The Morgan fingerprint density at radius 2 is 2.11 bits per heavy atom. The van der Waals surface area contributed by atoms with Crippen LogP contribution in [-0.4, -0.2) is 45.1 Å². The van der Waals surface area contributed by atoms with E-state index in [1.807, 2.05) is 37.4 Å². The minimum absolute atomic E-state index is 0.136. The summed E-state index contributed by atoms with van der Waals surface area (Å²) < 4.78 is 8.32. The van der Waals surface area contributed by atoms with Crippen molar-refractivity contribution in [2.75, 3.05) is 24.8 Å². The number of aryl methyl sites for hydroxylation is 1. The van der Waals surface area contributed by atoms with Gasteiger partial charge in [-0.2, -0.15) is 0 Å². The summed E-state index contributed by atoms with van der Waals surface area (Å²) in [4.78, 5) is 16.7. The van der Waals surface area contributed by atoms with Crippen molar-refractivity contribution < 1.29 is 9.53 Å². The van der Waals surface area contributed by atoms with Crippen LogP contribution in [0.25, 0.3) is 11.3 Å². The Balaban J connectivity index is 1.72. The molecule has 7 nitrogen and oxygen atoms in total. The Morgan fingerprint density at radius 1 is 1.33 bits per heavy atom. The van der Waals surface area contributed by atoms with Gasteiger partial charge in [0.15, 0.2) is 5.16 Å². The zero-order valence-electron chi connectivity index (χ0n) is 14.8. The normalized spacial score (nSPS) is 10.9. The molecule has 3 aromatic rings. The van der Waals surface area contributed by atoms with Crippen LogP contribution in [0.2, 0.25) is 0 Å². The van der Waals surface area contributed by atoms with E-state index in [-0.39, 0.29) is 11.7 Å². The van der Waals surface area contributed by atoms with E-state index in [0.29, 0.717) is 18.3 Å². The van der Waals surface area contributed by atoms with Gasteiger partial charge in [-0.1, -0.05) is 51.2 Å². The maximum Gasteiger partial charge on any atom is 0.236 e. The molecule has 3 rings (SSSR count). The van der Waals surface area contributed by atoms with Gasteiger partial charge in [0.2, 0.25) is 11.0 Å². The van der Waals surface area contributed by atoms with Crippen LogP contribution in [0, 0.1) is 6.92 Å². The van der Waals surface area contributed by atoms with E-state index < -0.39 is 0 Å². The minimum atomic E-state index is -0.136. The second kappa shape index (κ2) is 9.45. The predicted molar refractivity (Wildman–Crippen MR) is 111 cm³/mol. The van der Waals surface area contributed by atoms with Crippen molar-refractivity contribution in [3.63, 3.8) is 0 Å². The molecule has 1 N–H and O–H groups in total. The van der Waals surface area contributed by atoms with Crippen LogP contribution in [0.15, 0.2) is 40.1 Å². The lowest BCUT2D eigenvalue weighted by Crippen LogP contribution is -2.15. The van der Waals surface area contributed by atoms with Gasteiger partial charge < -0.3 is 9.30 Å². The number of nitrogens with zero attached hydrogens (tertiary/aromatic N) is 4. The second-order valence-corrected chi connectivity index (χ2v) is 8.58. The van der Waals surface area contributed by atoms with Gasteiger partial charge in [-0.25, -0.2) is 4.98 Å². The van der Waals surface area contributed by atoms with Gasteiger partial charge in [-0.3, -0.25) is 10.1 Å². The van der Waals surface area contributed by atoms with E-state index in [4.69, 9.17) is 4.74 Å². The highest BCUT2D eigenvalue weighted by molar-refractivity contribution is 9.10. The molecule has 0 aliphatic rings. The number of hydrogen-bond acceptors (Lipinski definition) is 7. The molecular formula is C17H18BrN5O2S2. The molecular weight excluding hydrogens is 450 g/mol. The lowest BCUT2D eigenvalue weighted by atomic mass is 10.2. The van der Waals surface area contributed by atoms with E-state index in [1.54, 1.807) is 7.11 Å². The molecule has 0 aliphatic heterocycles. The number of nitrogens with one attached hydrogen (secondary N) is 1. The fraction of sp³-hybridized carbons (Fsp3) is 0.294. The molecule has 0 atom stereocenters. The summed E-state index contributed by atoms with van der Waals surface area (Å²) in [6.45, 7) is 3.06. The summed E-state index contributed by atoms with van der Waals surface area (Å²) in [7, 11) is 1.67. The Morgan fingerprint density at radius 3 is 2.78 bits per heavy atom. The molecule has 27 heavy (non-hydrogen) atoms. The van der Waals surface area contributed by atoms with Gasteiger partial charge >= 0.3 is 0 Å². The van der Waals surface area contributed by atoms with Gasteiger partial charge in [0.05, 0.1) is 24.3 Å². The average molecular weight is 468 g/mol. The highest BCUT2D eigenvalue weighted by Crippen LogP contribution is 2.27. The third kappa shape index (κ3) is 5.38. The molecule has 0 saturated carbocycles. The monoisotopic (exact) mass is 467 g/mol. The van der Waals surface area contributed by atoms with E-state index in [9.17, 15) is 4.79 Å². The van der Waals surface area contributed by atoms with Gasteiger partial charge in [-0.05, 0) is 24.6 Å². The largest absolute Gasteiger partial charge is 0.383 e. The van der Waals surface area contributed by atoms with Crippen LogP contribution in [0.5, 0.6) is 0 Å². The van der Waals surface area contributed by atoms with Crippen molar-refractivity contribution in [3.05, 3.63) is 39.9 Å². The first kappa shape index (κ1) is 20.0. The molecule has 0 bridgehead atoms. The molecule has 1 aromatic carbocycles. The van der Waals surface area contributed by atoms with Crippen LogP contribution in [-0.2, 0) is 16.1 Å². The van der Waals surface area contributed by atoms with E-state index >= 15 is 0 Å². The predicted octanol–water partition coefficient (Wildman–Crippen LogP) is 3.85. The molecule has 0 aliphatic carbocycles. The Hall–Kier alpha value is -1.75. The van der Waals surface area contributed by atoms with Crippen molar-refractivity contribution in [2.24, 2.45) is 0 Å². The van der Waals surface area contributed by atoms with Crippen LogP contribution in [0.3, 0.4) is 0 Å². The zero-order valence-corrected chi connectivity index (χ0v) is 18.0. The van der Waals surface area contributed by atoms with Gasteiger partial charge in [0.25, 0.3) is 0 Å². The maximum absolute atomic E-state index is 12.2. The van der Waals surface area contributed by atoms with Crippen LogP contribution < -0.4 is 5.32 Å². The number of amides is 1. The molecule has 10 heteroatoms. The SMILES string of the molecule is COCCn1c(-c2ccc(Br)cc2)cnc1SCC(=O)Nc1nnc(C)s1. The minimum Gasteiger partial charge on any atom is -0.383 e. The average Bonchev–Trinajstić information content (AvgIpc) is 3.24. The van der Waals surface area contributed by atoms with Crippen LogP contribution in [0.1, 0.15) is 5.01 Å². The summed E-state index contributed by atoms with van der Waals surface area (Å²) in [5.74, 6) is 0.102. The van der Waals surface area contributed by atoms with E-state index in [2.05, 4.69) is 41.0 Å². The number of carbonyl (C=O) groups is 1. The zero-order chi connectivity index (χ0) is 19.2. The number of anilines is 1. The number of carbonyl (C=O) groups excluding carboxylic acids is 1. The standard InChI is InChI=1S/C17H18BrN5O2S2/c1-11-21-22-16(27-11)20-15(24)10-26-17-19-9-14(23(17)7-8-25-2)12-3-5-13(18)6-4-12/h3-6,9H,7-8,10H2,1-2H3,(H,20,22,24). The smallest absolute Gasteiger partial charge is 0.236 e. The number of benzene rings is 1. The number of imidazole rings is 1. The van der Waals surface area contributed by atoms with Crippen molar-refractivity contribution in [1.29, 1.82) is 0 Å². The number of halogens is 1. The molecule has 0 fully saturated rings. The number of thioether (sulfide) groups is 1. The molecule has 0 radical (unpaired) electrons. The first-order chi connectivity index (χ1) is 13.1. The summed E-state index contributed by atoms with van der Waals surface area (Å²) in [5, 5.41) is 12.7. The molecule has 2 heterocycles. The molecule has 1 amide bonds. The summed E-state index contributed by atoms with van der Waals surface area (Å²) in [5.41, 5.74) is 2.05. The van der Waals surface area contributed by atoms with Crippen molar-refractivity contribution in [1.82, 2.24) is 19.7 Å². The molecule has 2 aromatic heterocycles. The second-order valence-electron chi connectivity index (χ2n) is 5.54. The number of methoxy groups -OCH3 is 1. The van der Waals surface area contributed by atoms with Gasteiger partial charge in [0, 0.05) is 18.1 Å². The number of hydrogen-bond donors (Lipinski definition) is 1. The summed E-state index contributed by atoms with van der Waals surface area (Å²) >= 11 is 6.19. The van der Waals surface area contributed by atoms with Gasteiger partial charge in [-0.15, -0.1) is 10.2 Å². The van der Waals surface area contributed by atoms with E-state index in [0.717, 1.165) is 25.9 Å². The first-order valence-electron chi connectivity index (χ1n) is 8.10. The third-order valence-corrected chi connectivity index (χ3v) is 5.86. The number of ether oxygens (including phenoxy) is 1. The Bertz CT molecular complexity index is 910. The number of aromatic nitrogens is 4. The summed E-state index contributed by atoms with van der Waals surface area (Å²) in [6, 6.07) is 8.05. The van der Waals surface area contributed by atoms with Gasteiger partial charge in [0.1, 0.15) is 5.01 Å². The van der Waals surface area contributed by atoms with Crippen LogP contribution >= 0.6 is 39.0 Å². The third-order valence-electron chi connectivity index (χ3n) is 3.58. The van der Waals surface area contributed by atoms with Crippen molar-refractivity contribution in [2.45, 2.75) is 18.6 Å². The molecule has 0 unspecified atom stereocenters. The van der Waals surface area contributed by atoms with Crippen molar-refractivity contribution >= 4 is 50.1 Å². The molecule has 0 saturated heterocycles. The maximum atomic E-state index is 12.2. The van der Waals surface area contributed by atoms with E-state index in [1.165, 1.54) is 23.1 Å². The lowest BCUT2D eigenvalue weighted by Gasteiger charge is -2.11. The molecule has 142 valence electrons. The highest BCUT2D eigenvalue weighted by Gasteiger charge is 2.14. The first-order valence-corrected chi connectivity index (χ1v) is 10.7.